The molecule has 1 aromatic heterocycles. The molecular weight excluding hydrogens is 252 g/mol. The molecule has 106 valence electrons. The van der Waals surface area contributed by atoms with E-state index >= 15 is 0 Å². The van der Waals surface area contributed by atoms with Gasteiger partial charge in [0.15, 0.2) is 0 Å². The maximum atomic E-state index is 6.29. The molecule has 4 nitrogen and oxygen atoms in total. The second-order valence-electron chi connectivity index (χ2n) is 4.49. The van der Waals surface area contributed by atoms with Crippen molar-refractivity contribution in [1.29, 1.82) is 0 Å². The van der Waals surface area contributed by atoms with Crippen LogP contribution < -0.4 is 15.2 Å². The van der Waals surface area contributed by atoms with E-state index in [1.165, 1.54) is 0 Å². The lowest BCUT2D eigenvalue weighted by atomic mass is 10.00. The van der Waals surface area contributed by atoms with Crippen molar-refractivity contribution in [3.8, 4) is 11.6 Å². The zero-order valence-electron chi connectivity index (χ0n) is 11.9. The summed E-state index contributed by atoms with van der Waals surface area (Å²) in [5.74, 6) is 1.46. The van der Waals surface area contributed by atoms with E-state index in [2.05, 4.69) is 4.98 Å². The standard InChI is InChI=1S/C16H20N2O2/c1-3-20-15-7-5-4-6-13(15)14(17)10-12-8-9-16(19-2)18-11-12/h4-9,11,14H,3,10,17H2,1-2H3. The molecule has 0 saturated carbocycles. The van der Waals surface area contributed by atoms with Crippen LogP contribution in [0.2, 0.25) is 0 Å². The first-order valence-corrected chi connectivity index (χ1v) is 6.70. The lowest BCUT2D eigenvalue weighted by Crippen LogP contribution is -2.15. The molecule has 4 heteroatoms. The second kappa shape index (κ2) is 6.91. The SMILES string of the molecule is CCOc1ccccc1C(N)Cc1ccc(OC)nc1. The Morgan fingerprint density at radius 3 is 2.65 bits per heavy atom. The Bertz CT molecular complexity index is 540. The van der Waals surface area contributed by atoms with Crippen molar-refractivity contribution in [2.45, 2.75) is 19.4 Å². The van der Waals surface area contributed by atoms with Crippen molar-refractivity contribution in [3.63, 3.8) is 0 Å². The molecule has 2 N–H and O–H groups in total. The molecule has 0 bridgehead atoms. The minimum absolute atomic E-state index is 0.118. The summed E-state index contributed by atoms with van der Waals surface area (Å²) < 4.78 is 10.7. The molecule has 1 heterocycles. The number of methoxy groups -OCH3 is 1. The van der Waals surface area contributed by atoms with Gasteiger partial charge in [0.25, 0.3) is 0 Å². The highest BCUT2D eigenvalue weighted by molar-refractivity contribution is 5.36. The zero-order valence-corrected chi connectivity index (χ0v) is 11.9. The van der Waals surface area contributed by atoms with E-state index in [1.807, 2.05) is 43.3 Å². The van der Waals surface area contributed by atoms with Gasteiger partial charge >= 0.3 is 0 Å². The lowest BCUT2D eigenvalue weighted by Gasteiger charge is -2.16. The van der Waals surface area contributed by atoms with Gasteiger partial charge in [-0.05, 0) is 25.0 Å². The maximum Gasteiger partial charge on any atom is 0.212 e. The molecule has 1 unspecified atom stereocenters. The summed E-state index contributed by atoms with van der Waals surface area (Å²) in [5.41, 5.74) is 8.38. The van der Waals surface area contributed by atoms with Gasteiger partial charge in [0.2, 0.25) is 5.88 Å². The van der Waals surface area contributed by atoms with Crippen LogP contribution in [0.3, 0.4) is 0 Å². The number of rotatable bonds is 6. The predicted molar refractivity (Wildman–Crippen MR) is 79.0 cm³/mol. The molecule has 0 fully saturated rings. The summed E-state index contributed by atoms with van der Waals surface area (Å²) in [6.45, 7) is 2.60. The smallest absolute Gasteiger partial charge is 0.212 e. The van der Waals surface area contributed by atoms with Gasteiger partial charge < -0.3 is 15.2 Å². The average Bonchev–Trinajstić information content (AvgIpc) is 2.49. The van der Waals surface area contributed by atoms with Gasteiger partial charge in [-0.3, -0.25) is 0 Å². The molecule has 0 aliphatic carbocycles. The highest BCUT2D eigenvalue weighted by Crippen LogP contribution is 2.26. The summed E-state index contributed by atoms with van der Waals surface area (Å²) in [7, 11) is 1.60. The lowest BCUT2D eigenvalue weighted by molar-refractivity contribution is 0.334. The molecule has 2 rings (SSSR count). The van der Waals surface area contributed by atoms with E-state index < -0.39 is 0 Å². The number of ether oxygens (including phenoxy) is 2. The van der Waals surface area contributed by atoms with Crippen LogP contribution in [0.4, 0.5) is 0 Å². The van der Waals surface area contributed by atoms with Crippen LogP contribution in [-0.4, -0.2) is 18.7 Å². The quantitative estimate of drug-likeness (QED) is 0.878. The highest BCUT2D eigenvalue weighted by atomic mass is 16.5. The van der Waals surface area contributed by atoms with Crippen LogP contribution >= 0.6 is 0 Å². The average molecular weight is 272 g/mol. The molecule has 0 amide bonds. The summed E-state index contributed by atoms with van der Waals surface area (Å²) in [6, 6.07) is 11.6. The number of nitrogens with zero attached hydrogens (tertiary/aromatic N) is 1. The van der Waals surface area contributed by atoms with Crippen molar-refractivity contribution in [2.24, 2.45) is 5.73 Å². The third-order valence-corrected chi connectivity index (χ3v) is 3.08. The van der Waals surface area contributed by atoms with Crippen LogP contribution in [-0.2, 0) is 6.42 Å². The van der Waals surface area contributed by atoms with Gasteiger partial charge in [0, 0.05) is 23.9 Å². The predicted octanol–water partition coefficient (Wildman–Crippen LogP) is 2.73. The van der Waals surface area contributed by atoms with Crippen molar-refractivity contribution in [3.05, 3.63) is 53.7 Å². The molecular formula is C16H20N2O2. The van der Waals surface area contributed by atoms with Crippen LogP contribution in [0, 0.1) is 0 Å². The number of benzene rings is 1. The molecule has 0 aliphatic rings. The first kappa shape index (κ1) is 14.3. The fraction of sp³-hybridized carbons (Fsp3) is 0.312. The third-order valence-electron chi connectivity index (χ3n) is 3.08. The number of aromatic nitrogens is 1. The van der Waals surface area contributed by atoms with Crippen molar-refractivity contribution in [1.82, 2.24) is 4.98 Å². The monoisotopic (exact) mass is 272 g/mol. The van der Waals surface area contributed by atoms with Gasteiger partial charge in [-0.15, -0.1) is 0 Å². The minimum atomic E-state index is -0.118. The number of hydrogen-bond donors (Lipinski definition) is 1. The number of para-hydroxylation sites is 1. The molecule has 1 atom stereocenters. The Balaban J connectivity index is 2.12. The molecule has 20 heavy (non-hydrogen) atoms. The maximum absolute atomic E-state index is 6.29. The van der Waals surface area contributed by atoms with Crippen LogP contribution in [0.25, 0.3) is 0 Å². The summed E-state index contributed by atoms with van der Waals surface area (Å²) in [5, 5.41) is 0. The minimum Gasteiger partial charge on any atom is -0.494 e. The van der Waals surface area contributed by atoms with Gasteiger partial charge in [-0.1, -0.05) is 24.3 Å². The fourth-order valence-corrected chi connectivity index (χ4v) is 2.09. The molecule has 0 aliphatic heterocycles. The van der Waals surface area contributed by atoms with E-state index in [-0.39, 0.29) is 6.04 Å². The Hall–Kier alpha value is -2.07. The molecule has 0 radical (unpaired) electrons. The Labute approximate surface area is 119 Å². The molecule has 0 saturated heterocycles. The highest BCUT2D eigenvalue weighted by Gasteiger charge is 2.12. The van der Waals surface area contributed by atoms with E-state index in [4.69, 9.17) is 15.2 Å². The Morgan fingerprint density at radius 2 is 2.00 bits per heavy atom. The number of hydrogen-bond acceptors (Lipinski definition) is 4. The van der Waals surface area contributed by atoms with E-state index in [1.54, 1.807) is 13.3 Å². The largest absolute Gasteiger partial charge is 0.494 e. The van der Waals surface area contributed by atoms with E-state index in [0.29, 0.717) is 18.9 Å². The fourth-order valence-electron chi connectivity index (χ4n) is 2.09. The first-order chi connectivity index (χ1) is 9.74. The third kappa shape index (κ3) is 3.48. The summed E-state index contributed by atoms with van der Waals surface area (Å²) in [6.07, 6.45) is 2.50. The van der Waals surface area contributed by atoms with Crippen LogP contribution in [0.15, 0.2) is 42.6 Å². The topological polar surface area (TPSA) is 57.4 Å². The Morgan fingerprint density at radius 1 is 1.20 bits per heavy atom. The molecule has 2 aromatic rings. The first-order valence-electron chi connectivity index (χ1n) is 6.70. The number of nitrogens with two attached hydrogens (primary N) is 1. The van der Waals surface area contributed by atoms with Gasteiger partial charge in [0.1, 0.15) is 5.75 Å². The summed E-state index contributed by atoms with van der Waals surface area (Å²) in [4.78, 5) is 4.19. The second-order valence-corrected chi connectivity index (χ2v) is 4.49. The normalized spacial score (nSPS) is 11.9. The van der Waals surface area contributed by atoms with Gasteiger partial charge in [-0.2, -0.15) is 0 Å². The van der Waals surface area contributed by atoms with Crippen LogP contribution in [0.1, 0.15) is 24.1 Å². The molecule has 0 spiro atoms. The van der Waals surface area contributed by atoms with E-state index in [9.17, 15) is 0 Å². The molecule has 1 aromatic carbocycles. The van der Waals surface area contributed by atoms with Crippen LogP contribution in [0.5, 0.6) is 11.6 Å². The zero-order chi connectivity index (χ0) is 14.4. The summed E-state index contributed by atoms with van der Waals surface area (Å²) >= 11 is 0. The van der Waals surface area contributed by atoms with Crippen molar-refractivity contribution in [2.75, 3.05) is 13.7 Å². The van der Waals surface area contributed by atoms with Crippen molar-refractivity contribution < 1.29 is 9.47 Å². The van der Waals surface area contributed by atoms with Gasteiger partial charge in [-0.25, -0.2) is 4.98 Å². The van der Waals surface area contributed by atoms with Gasteiger partial charge in [0.05, 0.1) is 13.7 Å². The van der Waals surface area contributed by atoms with Crippen molar-refractivity contribution >= 4 is 0 Å². The number of pyridine rings is 1. The Kier molecular flexibility index (Phi) is 4.96. The van der Waals surface area contributed by atoms with E-state index in [0.717, 1.165) is 16.9 Å².